The number of hydrogen-bond acceptors (Lipinski definition) is 3. The zero-order chi connectivity index (χ0) is 14.7. The monoisotopic (exact) mass is 276 g/mol. The molecule has 0 aliphatic carbocycles. The molecule has 0 bridgehead atoms. The lowest BCUT2D eigenvalue weighted by Gasteiger charge is -2.40. The number of phenolic OH excluding ortho intramolecular Hbond substituents is 1. The van der Waals surface area contributed by atoms with Gasteiger partial charge in [-0.05, 0) is 38.8 Å². The molecule has 112 valence electrons. The summed E-state index contributed by atoms with van der Waals surface area (Å²) in [5.74, 6) is 0.432. The second-order valence-corrected chi connectivity index (χ2v) is 6.07. The zero-order valence-corrected chi connectivity index (χ0v) is 13.3. The van der Waals surface area contributed by atoms with Gasteiger partial charge >= 0.3 is 0 Å². The summed E-state index contributed by atoms with van der Waals surface area (Å²) in [5.41, 5.74) is 2.16. The Morgan fingerprint density at radius 3 is 2.25 bits per heavy atom. The minimum absolute atomic E-state index is 0.287. The fourth-order valence-electron chi connectivity index (χ4n) is 3.03. The van der Waals surface area contributed by atoms with Gasteiger partial charge in [0.25, 0.3) is 0 Å². The van der Waals surface area contributed by atoms with E-state index in [2.05, 4.69) is 42.7 Å². The molecule has 20 heavy (non-hydrogen) atoms. The predicted molar refractivity (Wildman–Crippen MR) is 84.2 cm³/mol. The Hall–Kier alpha value is -1.06. The average molecular weight is 276 g/mol. The summed E-state index contributed by atoms with van der Waals surface area (Å²) in [7, 11) is 0. The molecule has 1 saturated heterocycles. The van der Waals surface area contributed by atoms with Gasteiger partial charge in [0.2, 0.25) is 0 Å². The van der Waals surface area contributed by atoms with E-state index in [4.69, 9.17) is 0 Å². The summed E-state index contributed by atoms with van der Waals surface area (Å²) in [6.45, 7) is 13.2. The second kappa shape index (κ2) is 6.59. The maximum Gasteiger partial charge on any atom is 0.120 e. The fraction of sp³-hybridized carbons (Fsp3) is 0.647. The van der Waals surface area contributed by atoms with Crippen molar-refractivity contribution in [3.05, 3.63) is 29.3 Å². The molecule has 2 rings (SSSR count). The fourth-order valence-corrected chi connectivity index (χ4v) is 3.03. The number of aryl methyl sites for hydroxylation is 1. The van der Waals surface area contributed by atoms with Gasteiger partial charge in [-0.1, -0.05) is 19.1 Å². The molecule has 0 amide bonds. The molecule has 1 aromatic rings. The van der Waals surface area contributed by atoms with Crippen LogP contribution in [-0.2, 0) is 0 Å². The number of benzene rings is 1. The van der Waals surface area contributed by atoms with Gasteiger partial charge in [0.05, 0.1) is 0 Å². The average Bonchev–Trinajstić information content (AvgIpc) is 2.46. The van der Waals surface area contributed by atoms with Crippen molar-refractivity contribution in [3.63, 3.8) is 0 Å². The molecule has 0 saturated carbocycles. The van der Waals surface area contributed by atoms with Gasteiger partial charge < -0.3 is 5.11 Å². The van der Waals surface area contributed by atoms with Crippen molar-refractivity contribution in [1.29, 1.82) is 0 Å². The van der Waals surface area contributed by atoms with Crippen LogP contribution in [0, 0.1) is 6.92 Å². The zero-order valence-electron chi connectivity index (χ0n) is 13.3. The van der Waals surface area contributed by atoms with Gasteiger partial charge in [0.15, 0.2) is 0 Å². The van der Waals surface area contributed by atoms with Crippen molar-refractivity contribution in [3.8, 4) is 5.75 Å². The highest BCUT2D eigenvalue weighted by atomic mass is 16.3. The van der Waals surface area contributed by atoms with Crippen molar-refractivity contribution in [2.45, 2.75) is 46.2 Å². The van der Waals surface area contributed by atoms with Crippen molar-refractivity contribution < 1.29 is 5.11 Å². The van der Waals surface area contributed by atoms with Crippen LogP contribution in [0.4, 0.5) is 0 Å². The Morgan fingerprint density at radius 1 is 1.10 bits per heavy atom. The van der Waals surface area contributed by atoms with Crippen LogP contribution in [0.5, 0.6) is 5.75 Å². The quantitative estimate of drug-likeness (QED) is 0.915. The Morgan fingerprint density at radius 2 is 1.70 bits per heavy atom. The molecule has 0 radical (unpaired) electrons. The van der Waals surface area contributed by atoms with Crippen molar-refractivity contribution in [2.75, 3.05) is 26.2 Å². The number of phenols is 1. The van der Waals surface area contributed by atoms with Crippen LogP contribution in [0.2, 0.25) is 0 Å². The van der Waals surface area contributed by atoms with E-state index in [1.807, 2.05) is 13.0 Å². The number of hydrogen-bond donors (Lipinski definition) is 1. The molecule has 2 atom stereocenters. The maximum atomic E-state index is 10.1. The van der Waals surface area contributed by atoms with E-state index in [1.54, 1.807) is 0 Å². The van der Waals surface area contributed by atoms with Crippen LogP contribution in [0.1, 0.15) is 44.4 Å². The Labute approximate surface area is 123 Å². The first-order valence-corrected chi connectivity index (χ1v) is 7.80. The minimum Gasteiger partial charge on any atom is -0.508 e. The third kappa shape index (κ3) is 3.33. The second-order valence-electron chi connectivity index (χ2n) is 6.07. The molecule has 1 heterocycles. The molecule has 1 fully saturated rings. The minimum atomic E-state index is 0.287. The molecule has 1 aliphatic rings. The van der Waals surface area contributed by atoms with E-state index in [0.717, 1.165) is 37.3 Å². The van der Waals surface area contributed by atoms with Gasteiger partial charge in [0, 0.05) is 43.8 Å². The lowest BCUT2D eigenvalue weighted by Crippen LogP contribution is -2.49. The van der Waals surface area contributed by atoms with Gasteiger partial charge in [-0.2, -0.15) is 0 Å². The third-order valence-electron chi connectivity index (χ3n) is 4.75. The van der Waals surface area contributed by atoms with E-state index in [-0.39, 0.29) is 6.04 Å². The van der Waals surface area contributed by atoms with Crippen LogP contribution < -0.4 is 0 Å². The molecule has 3 heteroatoms. The predicted octanol–water partition coefficient (Wildman–Crippen LogP) is 3.18. The normalized spacial score (nSPS) is 20.8. The number of aromatic hydroxyl groups is 1. The largest absolute Gasteiger partial charge is 0.508 e. The maximum absolute atomic E-state index is 10.1. The smallest absolute Gasteiger partial charge is 0.120 e. The molecule has 3 nitrogen and oxygen atoms in total. The molecule has 1 N–H and O–H groups in total. The number of nitrogens with zero attached hydrogens (tertiary/aromatic N) is 2. The standard InChI is InChI=1S/C17H28N2O/c1-5-14(3)18-8-10-19(11-9-18)15(4)16-7-6-13(2)12-17(16)20/h6-7,12,14-15,20H,5,8-11H2,1-4H3. The summed E-state index contributed by atoms with van der Waals surface area (Å²) in [5, 5.41) is 10.1. The number of piperazine rings is 1. The van der Waals surface area contributed by atoms with Crippen LogP contribution in [0.3, 0.4) is 0 Å². The summed E-state index contributed by atoms with van der Waals surface area (Å²) in [6.07, 6.45) is 1.22. The van der Waals surface area contributed by atoms with Crippen molar-refractivity contribution in [1.82, 2.24) is 9.80 Å². The van der Waals surface area contributed by atoms with Crippen LogP contribution in [0.25, 0.3) is 0 Å². The summed E-state index contributed by atoms with van der Waals surface area (Å²) in [4.78, 5) is 5.04. The van der Waals surface area contributed by atoms with Gasteiger partial charge in [-0.3, -0.25) is 9.80 Å². The molecular weight excluding hydrogens is 248 g/mol. The summed E-state index contributed by atoms with van der Waals surface area (Å²) in [6, 6.07) is 6.98. The molecule has 0 aromatic heterocycles. The van der Waals surface area contributed by atoms with Crippen LogP contribution in [0.15, 0.2) is 18.2 Å². The van der Waals surface area contributed by atoms with Gasteiger partial charge in [0.1, 0.15) is 5.75 Å². The van der Waals surface area contributed by atoms with E-state index in [1.165, 1.54) is 6.42 Å². The highest BCUT2D eigenvalue weighted by Crippen LogP contribution is 2.30. The Bertz CT molecular complexity index is 439. The van der Waals surface area contributed by atoms with E-state index >= 15 is 0 Å². The SMILES string of the molecule is CCC(C)N1CCN(C(C)c2ccc(C)cc2O)CC1. The lowest BCUT2D eigenvalue weighted by molar-refractivity contribution is 0.0765. The van der Waals surface area contributed by atoms with Gasteiger partial charge in [-0.15, -0.1) is 0 Å². The van der Waals surface area contributed by atoms with E-state index < -0.39 is 0 Å². The third-order valence-corrected chi connectivity index (χ3v) is 4.75. The summed E-state index contributed by atoms with van der Waals surface area (Å²) < 4.78 is 0. The summed E-state index contributed by atoms with van der Waals surface area (Å²) >= 11 is 0. The molecule has 1 aliphatic heterocycles. The Kier molecular flexibility index (Phi) is 5.06. The molecular formula is C17H28N2O. The van der Waals surface area contributed by atoms with Crippen molar-refractivity contribution >= 4 is 0 Å². The Balaban J connectivity index is 1.99. The van der Waals surface area contributed by atoms with E-state index in [0.29, 0.717) is 11.8 Å². The first-order chi connectivity index (χ1) is 9.52. The number of rotatable bonds is 4. The topological polar surface area (TPSA) is 26.7 Å². The molecule has 0 spiro atoms. The molecule has 2 unspecified atom stereocenters. The highest BCUT2D eigenvalue weighted by Gasteiger charge is 2.25. The van der Waals surface area contributed by atoms with Crippen LogP contribution in [-0.4, -0.2) is 47.1 Å². The van der Waals surface area contributed by atoms with Crippen molar-refractivity contribution in [2.24, 2.45) is 0 Å². The highest BCUT2D eigenvalue weighted by molar-refractivity contribution is 5.37. The van der Waals surface area contributed by atoms with Gasteiger partial charge in [-0.25, -0.2) is 0 Å². The van der Waals surface area contributed by atoms with Crippen LogP contribution >= 0.6 is 0 Å². The molecule has 1 aromatic carbocycles. The first kappa shape index (κ1) is 15.3. The first-order valence-electron chi connectivity index (χ1n) is 7.80. The lowest BCUT2D eigenvalue weighted by atomic mass is 10.0. The van der Waals surface area contributed by atoms with E-state index in [9.17, 15) is 5.11 Å².